The lowest BCUT2D eigenvalue weighted by molar-refractivity contribution is 0.377. The minimum atomic E-state index is -1.46. The maximum absolute atomic E-state index is 13.8. The van der Waals surface area contributed by atoms with Gasteiger partial charge >= 0.3 is 0 Å². The van der Waals surface area contributed by atoms with Crippen LogP contribution >= 0.6 is 0 Å². The second-order valence-electron chi connectivity index (χ2n) is 7.26. The minimum Gasteiger partial charge on any atom is -0.204 e. The average molecular weight is 404 g/mol. The van der Waals surface area contributed by atoms with Gasteiger partial charge in [0.2, 0.25) is 0 Å². The predicted octanol–water partition coefficient (Wildman–Crippen LogP) is 7.88. The molecule has 0 unspecified atom stereocenters. The van der Waals surface area contributed by atoms with E-state index in [4.69, 9.17) is 0 Å². The molecule has 3 rings (SSSR count). The minimum absolute atomic E-state index is 0.182. The van der Waals surface area contributed by atoms with Crippen LogP contribution in [0.5, 0.6) is 0 Å². The Kier molecular flexibility index (Phi) is 6.68. The fourth-order valence-corrected chi connectivity index (χ4v) is 3.69. The molecule has 0 atom stereocenters. The molecule has 0 bridgehead atoms. The predicted molar refractivity (Wildman–Crippen MR) is 106 cm³/mol. The van der Waals surface area contributed by atoms with Crippen LogP contribution in [0.2, 0.25) is 0 Å². The highest BCUT2D eigenvalue weighted by molar-refractivity contribution is 5.63. The summed E-state index contributed by atoms with van der Waals surface area (Å²) in [5.41, 5.74) is 1.55. The maximum atomic E-state index is 13.8. The zero-order chi connectivity index (χ0) is 21.0. The molecule has 1 aliphatic carbocycles. The monoisotopic (exact) mass is 404 g/mol. The summed E-state index contributed by atoms with van der Waals surface area (Å²) in [6.07, 6.45) is 7.99. The van der Waals surface area contributed by atoms with E-state index in [-0.39, 0.29) is 11.5 Å². The molecule has 1 fully saturated rings. The summed E-state index contributed by atoms with van der Waals surface area (Å²) in [6.45, 7) is 3.22. The molecule has 5 heteroatoms. The Morgan fingerprint density at radius 3 is 2.03 bits per heavy atom. The molecule has 0 saturated heterocycles. The van der Waals surface area contributed by atoms with Crippen LogP contribution in [-0.2, 0) is 0 Å². The van der Waals surface area contributed by atoms with Gasteiger partial charge in [0.1, 0.15) is 0 Å². The second-order valence-corrected chi connectivity index (χ2v) is 7.26. The van der Waals surface area contributed by atoms with Crippen LogP contribution in [0, 0.1) is 23.4 Å². The highest BCUT2D eigenvalue weighted by Gasteiger charge is 2.21. The average Bonchev–Trinajstić information content (AvgIpc) is 2.75. The van der Waals surface area contributed by atoms with Crippen molar-refractivity contribution in [3.63, 3.8) is 0 Å². The van der Waals surface area contributed by atoms with Crippen LogP contribution in [0.3, 0.4) is 0 Å². The van der Waals surface area contributed by atoms with E-state index in [9.17, 15) is 22.0 Å². The van der Waals surface area contributed by atoms with Crippen molar-refractivity contribution in [3.05, 3.63) is 95.1 Å². The number of hydrogen-bond acceptors (Lipinski definition) is 0. The van der Waals surface area contributed by atoms with Crippen molar-refractivity contribution in [2.45, 2.75) is 31.6 Å². The normalized spacial score (nSPS) is 20.6. The quantitative estimate of drug-likeness (QED) is 0.270. The molecule has 2 aromatic rings. The van der Waals surface area contributed by atoms with Gasteiger partial charge in [0.25, 0.3) is 0 Å². The number of halogens is 5. The van der Waals surface area contributed by atoms with Crippen molar-refractivity contribution in [2.24, 2.45) is 5.92 Å². The summed E-state index contributed by atoms with van der Waals surface area (Å²) < 4.78 is 66.7. The first kappa shape index (κ1) is 21.0. The molecule has 0 nitrogen and oxygen atoms in total. The number of hydrogen-bond donors (Lipinski definition) is 0. The first-order valence-corrected chi connectivity index (χ1v) is 9.49. The van der Waals surface area contributed by atoms with E-state index in [0.29, 0.717) is 11.5 Å². The van der Waals surface area contributed by atoms with Crippen LogP contribution in [0.15, 0.2) is 61.0 Å². The van der Waals surface area contributed by atoms with Crippen molar-refractivity contribution in [1.82, 2.24) is 0 Å². The Bertz CT molecular complexity index is 909. The molecule has 152 valence electrons. The Balaban J connectivity index is 1.60. The standard InChI is InChI=1S/C24H21F5/c1-2-20(25)23(28)19-11-9-18(10-12-19)17-7-5-15(6-8-17)3-4-16-13-21(26)24(29)22(27)14-16/h2-4,9-15,17H,1,5-8H2. The van der Waals surface area contributed by atoms with Gasteiger partial charge in [-0.2, -0.15) is 0 Å². The third-order valence-corrected chi connectivity index (χ3v) is 5.36. The summed E-state index contributed by atoms with van der Waals surface area (Å²) in [5, 5.41) is 0. The van der Waals surface area contributed by atoms with Crippen LogP contribution in [0.25, 0.3) is 11.9 Å². The van der Waals surface area contributed by atoms with Crippen molar-refractivity contribution in [3.8, 4) is 0 Å². The molecule has 0 heterocycles. The molecular formula is C24H21F5. The molecule has 0 aliphatic heterocycles. The zero-order valence-electron chi connectivity index (χ0n) is 15.8. The van der Waals surface area contributed by atoms with E-state index in [0.717, 1.165) is 49.5 Å². The molecule has 1 saturated carbocycles. The van der Waals surface area contributed by atoms with E-state index in [1.165, 1.54) is 0 Å². The van der Waals surface area contributed by atoms with Gasteiger partial charge in [-0.1, -0.05) is 43.0 Å². The van der Waals surface area contributed by atoms with Gasteiger partial charge in [0.05, 0.1) is 0 Å². The van der Waals surface area contributed by atoms with Crippen molar-refractivity contribution in [1.29, 1.82) is 0 Å². The summed E-state index contributed by atoms with van der Waals surface area (Å²) >= 11 is 0. The molecular weight excluding hydrogens is 383 g/mol. The Morgan fingerprint density at radius 1 is 0.897 bits per heavy atom. The molecule has 1 aliphatic rings. The largest absolute Gasteiger partial charge is 0.204 e. The van der Waals surface area contributed by atoms with Crippen LogP contribution in [0.1, 0.15) is 48.3 Å². The Labute approximate surface area is 167 Å². The molecule has 0 spiro atoms. The lowest BCUT2D eigenvalue weighted by atomic mass is 9.78. The zero-order valence-corrected chi connectivity index (χ0v) is 15.8. The van der Waals surface area contributed by atoms with E-state index in [2.05, 4.69) is 6.58 Å². The smallest absolute Gasteiger partial charge is 0.194 e. The summed E-state index contributed by atoms with van der Waals surface area (Å²) in [7, 11) is 0. The van der Waals surface area contributed by atoms with Gasteiger partial charge in [0, 0.05) is 5.56 Å². The lowest BCUT2D eigenvalue weighted by Crippen LogP contribution is -2.11. The van der Waals surface area contributed by atoms with Crippen LogP contribution < -0.4 is 0 Å². The first-order valence-electron chi connectivity index (χ1n) is 9.49. The topological polar surface area (TPSA) is 0 Å². The molecule has 0 amide bonds. The third-order valence-electron chi connectivity index (χ3n) is 5.36. The molecule has 0 aromatic heterocycles. The van der Waals surface area contributed by atoms with Gasteiger partial charge in [-0.3, -0.25) is 0 Å². The Morgan fingerprint density at radius 2 is 1.48 bits per heavy atom. The van der Waals surface area contributed by atoms with Gasteiger partial charge in [-0.25, -0.2) is 22.0 Å². The maximum Gasteiger partial charge on any atom is 0.194 e. The Hall–Kier alpha value is -2.69. The third kappa shape index (κ3) is 5.03. The lowest BCUT2D eigenvalue weighted by Gasteiger charge is -2.27. The molecule has 0 radical (unpaired) electrons. The van der Waals surface area contributed by atoms with E-state index < -0.39 is 29.1 Å². The first-order chi connectivity index (χ1) is 13.9. The van der Waals surface area contributed by atoms with E-state index in [1.54, 1.807) is 18.2 Å². The summed E-state index contributed by atoms with van der Waals surface area (Å²) in [5.74, 6) is -5.17. The fourth-order valence-electron chi connectivity index (χ4n) is 3.69. The highest BCUT2D eigenvalue weighted by Crippen LogP contribution is 2.37. The van der Waals surface area contributed by atoms with Crippen molar-refractivity contribution < 1.29 is 22.0 Å². The van der Waals surface area contributed by atoms with E-state index in [1.807, 2.05) is 18.2 Å². The van der Waals surface area contributed by atoms with E-state index >= 15 is 0 Å². The number of allylic oxidation sites excluding steroid dienone is 3. The number of rotatable bonds is 5. The van der Waals surface area contributed by atoms with Gasteiger partial charge in [-0.05, 0) is 66.9 Å². The van der Waals surface area contributed by atoms with Crippen LogP contribution in [-0.4, -0.2) is 0 Å². The molecule has 0 N–H and O–H groups in total. The number of benzene rings is 2. The summed E-state index contributed by atoms with van der Waals surface area (Å²) in [4.78, 5) is 0. The summed E-state index contributed by atoms with van der Waals surface area (Å²) in [6, 6.07) is 8.72. The SMILES string of the molecule is C=CC(F)=C(F)c1ccc(C2CCC(C=Cc3cc(F)c(F)c(F)c3)CC2)cc1. The van der Waals surface area contributed by atoms with Gasteiger partial charge < -0.3 is 0 Å². The molecule has 2 aromatic carbocycles. The highest BCUT2D eigenvalue weighted by atomic mass is 19.2. The fraction of sp³-hybridized carbons (Fsp3) is 0.250. The van der Waals surface area contributed by atoms with Crippen molar-refractivity contribution >= 4 is 11.9 Å². The second kappa shape index (κ2) is 9.21. The van der Waals surface area contributed by atoms with Gasteiger partial charge in [0.15, 0.2) is 29.1 Å². The molecule has 29 heavy (non-hydrogen) atoms. The van der Waals surface area contributed by atoms with Crippen LogP contribution in [0.4, 0.5) is 22.0 Å². The van der Waals surface area contributed by atoms with Gasteiger partial charge in [-0.15, -0.1) is 0 Å². The van der Waals surface area contributed by atoms with Crippen molar-refractivity contribution in [2.75, 3.05) is 0 Å².